The van der Waals surface area contributed by atoms with Crippen LogP contribution in [-0.4, -0.2) is 15.4 Å². The van der Waals surface area contributed by atoms with Gasteiger partial charge in [0, 0.05) is 17.7 Å². The first-order chi connectivity index (χ1) is 11.7. The van der Waals surface area contributed by atoms with E-state index in [-0.39, 0.29) is 0 Å². The molecule has 2 aromatic rings. The minimum absolute atomic E-state index is 0.627. The first-order valence-electron chi connectivity index (χ1n) is 9.98. The topological polar surface area (TPSA) is 29.3 Å². The first kappa shape index (κ1) is 16.0. The van der Waals surface area contributed by atoms with Gasteiger partial charge in [-0.15, -0.1) is 0 Å². The van der Waals surface area contributed by atoms with Crippen molar-refractivity contribution in [3.63, 3.8) is 0 Å². The summed E-state index contributed by atoms with van der Waals surface area (Å²) in [6, 6.07) is 5.15. The van der Waals surface area contributed by atoms with E-state index in [4.69, 9.17) is 4.98 Å². The van der Waals surface area contributed by atoms with E-state index in [2.05, 4.69) is 35.7 Å². The largest absolute Gasteiger partial charge is 0.367 e. The van der Waals surface area contributed by atoms with Gasteiger partial charge >= 0.3 is 0 Å². The van der Waals surface area contributed by atoms with Crippen LogP contribution in [0.5, 0.6) is 0 Å². The van der Waals surface area contributed by atoms with Gasteiger partial charge in [-0.2, -0.15) is 0 Å². The molecule has 2 aromatic heterocycles. The maximum atomic E-state index is 5.12. The van der Waals surface area contributed by atoms with Gasteiger partial charge in [-0.25, -0.2) is 4.98 Å². The highest BCUT2D eigenvalue weighted by atomic mass is 15.2. The summed E-state index contributed by atoms with van der Waals surface area (Å²) in [6.07, 6.45) is 13.5. The Morgan fingerprint density at radius 1 is 0.917 bits per heavy atom. The van der Waals surface area contributed by atoms with E-state index < -0.39 is 0 Å². The van der Waals surface area contributed by atoms with Gasteiger partial charge in [-0.3, -0.25) is 4.40 Å². The average Bonchev–Trinajstić information content (AvgIpc) is 2.95. The third kappa shape index (κ3) is 3.05. The summed E-state index contributed by atoms with van der Waals surface area (Å²) in [7, 11) is 0. The summed E-state index contributed by atoms with van der Waals surface area (Å²) >= 11 is 0. The van der Waals surface area contributed by atoms with Crippen molar-refractivity contribution in [3.05, 3.63) is 29.1 Å². The monoisotopic (exact) mass is 325 g/mol. The molecule has 4 rings (SSSR count). The number of aromatic nitrogens is 2. The van der Waals surface area contributed by atoms with Crippen LogP contribution in [0.4, 0.5) is 5.82 Å². The minimum Gasteiger partial charge on any atom is -0.367 e. The number of nitrogens with zero attached hydrogens (tertiary/aromatic N) is 2. The van der Waals surface area contributed by atoms with Gasteiger partial charge in [0.05, 0.1) is 5.69 Å². The zero-order chi connectivity index (χ0) is 16.5. The Kier molecular flexibility index (Phi) is 4.51. The second-order valence-electron chi connectivity index (χ2n) is 8.03. The normalized spacial score (nSPS) is 20.6. The summed E-state index contributed by atoms with van der Waals surface area (Å²) in [5.74, 6) is 1.95. The van der Waals surface area contributed by atoms with Crippen LogP contribution in [0.2, 0.25) is 0 Å². The molecule has 0 aliphatic heterocycles. The van der Waals surface area contributed by atoms with E-state index in [1.165, 1.54) is 87.0 Å². The molecular weight excluding hydrogens is 294 g/mol. The number of hydrogen-bond donors (Lipinski definition) is 1. The van der Waals surface area contributed by atoms with Crippen LogP contribution in [0.3, 0.4) is 0 Å². The molecule has 0 spiro atoms. The molecule has 2 fully saturated rings. The fourth-order valence-electron chi connectivity index (χ4n) is 4.79. The highest BCUT2D eigenvalue weighted by molar-refractivity contribution is 5.59. The van der Waals surface area contributed by atoms with Crippen LogP contribution in [0.15, 0.2) is 12.1 Å². The smallest absolute Gasteiger partial charge is 0.139 e. The summed E-state index contributed by atoms with van der Waals surface area (Å²) in [5, 5.41) is 3.93. The van der Waals surface area contributed by atoms with Crippen molar-refractivity contribution in [3.8, 4) is 0 Å². The van der Waals surface area contributed by atoms with Crippen LogP contribution >= 0.6 is 0 Å². The van der Waals surface area contributed by atoms with Gasteiger partial charge in [0.25, 0.3) is 0 Å². The molecule has 24 heavy (non-hydrogen) atoms. The van der Waals surface area contributed by atoms with Gasteiger partial charge in [0.15, 0.2) is 0 Å². The second-order valence-corrected chi connectivity index (χ2v) is 8.03. The Labute approximate surface area is 145 Å². The van der Waals surface area contributed by atoms with Gasteiger partial charge in [-0.1, -0.05) is 38.5 Å². The predicted molar refractivity (Wildman–Crippen MR) is 101 cm³/mol. The lowest BCUT2D eigenvalue weighted by Crippen LogP contribution is -2.24. The van der Waals surface area contributed by atoms with Crippen molar-refractivity contribution in [1.29, 1.82) is 0 Å². The molecular formula is C21H31N3. The van der Waals surface area contributed by atoms with Crippen molar-refractivity contribution in [2.75, 3.05) is 5.32 Å². The molecule has 0 aromatic carbocycles. The maximum Gasteiger partial charge on any atom is 0.139 e. The van der Waals surface area contributed by atoms with Gasteiger partial charge in [0.1, 0.15) is 11.5 Å². The van der Waals surface area contributed by atoms with Crippen LogP contribution in [0, 0.1) is 13.8 Å². The maximum absolute atomic E-state index is 5.12. The number of fused-ring (bicyclic) bond motifs is 1. The van der Waals surface area contributed by atoms with E-state index >= 15 is 0 Å². The molecule has 2 aliphatic carbocycles. The number of pyridine rings is 1. The van der Waals surface area contributed by atoms with Crippen molar-refractivity contribution in [2.24, 2.45) is 0 Å². The standard InChI is InChI=1S/C21H31N3/c1-15-13-16(2)24-19(14-15)23-20(17-9-5-3-6-10-17)21(24)22-18-11-7-4-8-12-18/h13-14,17-18,22H,3-12H2,1-2H3. The molecule has 130 valence electrons. The summed E-state index contributed by atoms with van der Waals surface area (Å²) in [5.41, 5.74) is 5.09. The van der Waals surface area contributed by atoms with E-state index in [9.17, 15) is 0 Å². The molecule has 0 radical (unpaired) electrons. The van der Waals surface area contributed by atoms with Crippen LogP contribution < -0.4 is 5.32 Å². The molecule has 0 amide bonds. The lowest BCUT2D eigenvalue weighted by atomic mass is 9.86. The molecule has 0 unspecified atom stereocenters. The molecule has 2 heterocycles. The number of rotatable bonds is 3. The number of anilines is 1. The van der Waals surface area contributed by atoms with Gasteiger partial charge in [-0.05, 0) is 57.2 Å². The van der Waals surface area contributed by atoms with Crippen LogP contribution in [0.1, 0.15) is 87.1 Å². The Hall–Kier alpha value is -1.51. The minimum atomic E-state index is 0.627. The molecule has 2 saturated carbocycles. The van der Waals surface area contributed by atoms with Crippen molar-refractivity contribution < 1.29 is 0 Å². The molecule has 2 aliphatic rings. The van der Waals surface area contributed by atoms with E-state index in [1.807, 2.05) is 0 Å². The molecule has 3 nitrogen and oxygen atoms in total. The quantitative estimate of drug-likeness (QED) is 0.779. The van der Waals surface area contributed by atoms with Crippen molar-refractivity contribution >= 4 is 11.5 Å². The SMILES string of the molecule is Cc1cc(C)n2c(NC3CCCCC3)c(C3CCCCC3)nc2c1. The summed E-state index contributed by atoms with van der Waals surface area (Å²) in [4.78, 5) is 5.12. The van der Waals surface area contributed by atoms with Gasteiger partial charge in [0.2, 0.25) is 0 Å². The predicted octanol–water partition coefficient (Wildman–Crippen LogP) is 5.74. The van der Waals surface area contributed by atoms with Crippen LogP contribution in [0.25, 0.3) is 5.65 Å². The Morgan fingerprint density at radius 2 is 1.58 bits per heavy atom. The first-order valence-corrected chi connectivity index (χ1v) is 9.98. The number of imidazole rings is 1. The average molecular weight is 326 g/mol. The van der Waals surface area contributed by atoms with E-state index in [0.717, 1.165) is 5.65 Å². The third-order valence-corrected chi connectivity index (χ3v) is 6.01. The summed E-state index contributed by atoms with van der Waals surface area (Å²) < 4.78 is 2.38. The molecule has 0 saturated heterocycles. The number of aryl methyl sites for hydroxylation is 2. The Morgan fingerprint density at radius 3 is 2.29 bits per heavy atom. The van der Waals surface area contributed by atoms with Crippen molar-refractivity contribution in [1.82, 2.24) is 9.38 Å². The van der Waals surface area contributed by atoms with E-state index in [1.54, 1.807) is 0 Å². The fraction of sp³-hybridized carbons (Fsp3) is 0.667. The van der Waals surface area contributed by atoms with Crippen LogP contribution in [-0.2, 0) is 0 Å². The fourth-order valence-corrected chi connectivity index (χ4v) is 4.79. The third-order valence-electron chi connectivity index (χ3n) is 6.01. The lowest BCUT2D eigenvalue weighted by Gasteiger charge is -2.26. The van der Waals surface area contributed by atoms with E-state index in [0.29, 0.717) is 12.0 Å². The second kappa shape index (κ2) is 6.78. The van der Waals surface area contributed by atoms with Crippen molar-refractivity contribution in [2.45, 2.75) is 90.0 Å². The highest BCUT2D eigenvalue weighted by Crippen LogP contribution is 2.38. The number of nitrogens with one attached hydrogen (secondary N) is 1. The zero-order valence-electron chi connectivity index (χ0n) is 15.3. The Bertz CT molecular complexity index is 703. The zero-order valence-corrected chi connectivity index (χ0v) is 15.3. The molecule has 0 bridgehead atoms. The molecule has 3 heteroatoms. The lowest BCUT2D eigenvalue weighted by molar-refractivity contribution is 0.435. The number of hydrogen-bond acceptors (Lipinski definition) is 2. The Balaban J connectivity index is 1.76. The summed E-state index contributed by atoms with van der Waals surface area (Å²) in [6.45, 7) is 4.40. The molecule has 0 atom stereocenters. The van der Waals surface area contributed by atoms with Gasteiger partial charge < -0.3 is 5.32 Å². The molecule has 1 N–H and O–H groups in total. The highest BCUT2D eigenvalue weighted by Gasteiger charge is 2.26.